The molecular weight excluding hydrogens is 204 g/mol. The van der Waals surface area contributed by atoms with E-state index in [-0.39, 0.29) is 12.1 Å². The van der Waals surface area contributed by atoms with Gasteiger partial charge in [-0.15, -0.1) is 0 Å². The Hall–Kier alpha value is -1.32. The summed E-state index contributed by atoms with van der Waals surface area (Å²) in [5.74, 6) is -0.121. The van der Waals surface area contributed by atoms with Crippen LogP contribution >= 0.6 is 0 Å². The highest BCUT2D eigenvalue weighted by molar-refractivity contribution is 5.69. The van der Waals surface area contributed by atoms with Gasteiger partial charge in [0.05, 0.1) is 18.1 Å². The van der Waals surface area contributed by atoms with Gasteiger partial charge in [0.25, 0.3) is 0 Å². The van der Waals surface area contributed by atoms with Crippen LogP contribution in [0, 0.1) is 13.8 Å². The Morgan fingerprint density at radius 3 is 2.69 bits per heavy atom. The van der Waals surface area contributed by atoms with Crippen molar-refractivity contribution in [2.24, 2.45) is 0 Å². The van der Waals surface area contributed by atoms with Crippen molar-refractivity contribution in [3.8, 4) is 0 Å². The summed E-state index contributed by atoms with van der Waals surface area (Å²) in [4.78, 5) is 15.5. The highest BCUT2D eigenvalue weighted by atomic mass is 16.5. The molecule has 0 radical (unpaired) electrons. The van der Waals surface area contributed by atoms with E-state index in [2.05, 4.69) is 9.55 Å². The van der Waals surface area contributed by atoms with E-state index in [1.54, 1.807) is 0 Å². The summed E-state index contributed by atoms with van der Waals surface area (Å²) in [5.41, 5.74) is 2.21. The maximum atomic E-state index is 11.3. The lowest BCUT2D eigenvalue weighted by atomic mass is 10.3. The smallest absolute Gasteiger partial charge is 0.306 e. The Morgan fingerprint density at radius 1 is 1.50 bits per heavy atom. The fraction of sp³-hybridized carbons (Fsp3) is 0.667. The zero-order valence-corrected chi connectivity index (χ0v) is 10.5. The monoisotopic (exact) mass is 224 g/mol. The van der Waals surface area contributed by atoms with Crippen LogP contribution in [0.5, 0.6) is 0 Å². The molecule has 0 aliphatic heterocycles. The molecule has 1 aromatic heterocycles. The molecule has 0 N–H and O–H groups in total. The van der Waals surface area contributed by atoms with Gasteiger partial charge < -0.3 is 9.30 Å². The average molecular weight is 224 g/mol. The minimum Gasteiger partial charge on any atom is -0.463 e. The molecule has 0 aromatic carbocycles. The molecule has 90 valence electrons. The third kappa shape index (κ3) is 3.68. The first-order valence-electron chi connectivity index (χ1n) is 5.68. The van der Waals surface area contributed by atoms with Crippen molar-refractivity contribution < 1.29 is 9.53 Å². The van der Waals surface area contributed by atoms with Gasteiger partial charge in [-0.25, -0.2) is 4.98 Å². The van der Waals surface area contributed by atoms with Crippen molar-refractivity contribution in [3.63, 3.8) is 0 Å². The zero-order chi connectivity index (χ0) is 12.1. The van der Waals surface area contributed by atoms with E-state index < -0.39 is 0 Å². The van der Waals surface area contributed by atoms with E-state index >= 15 is 0 Å². The first-order valence-corrected chi connectivity index (χ1v) is 5.68. The minimum atomic E-state index is -0.121. The Labute approximate surface area is 96.6 Å². The molecule has 0 aliphatic carbocycles. The quantitative estimate of drug-likeness (QED) is 0.720. The number of hydrogen-bond acceptors (Lipinski definition) is 3. The maximum Gasteiger partial charge on any atom is 0.306 e. The fourth-order valence-corrected chi connectivity index (χ4v) is 1.49. The van der Waals surface area contributed by atoms with Gasteiger partial charge in [0.2, 0.25) is 0 Å². The summed E-state index contributed by atoms with van der Waals surface area (Å²) in [6.07, 6.45) is 3.06. The summed E-state index contributed by atoms with van der Waals surface area (Å²) in [5, 5.41) is 0. The second kappa shape index (κ2) is 5.68. The number of rotatable bonds is 5. The van der Waals surface area contributed by atoms with Crippen LogP contribution in [0.2, 0.25) is 0 Å². The number of ether oxygens (including phenoxy) is 1. The number of imidazole rings is 1. The normalized spacial score (nSPS) is 10.8. The summed E-state index contributed by atoms with van der Waals surface area (Å²) >= 11 is 0. The number of carbonyl (C=O) groups is 1. The van der Waals surface area contributed by atoms with E-state index in [1.165, 1.54) is 0 Å². The molecule has 0 bridgehead atoms. The van der Waals surface area contributed by atoms with Crippen molar-refractivity contribution in [1.82, 2.24) is 9.55 Å². The van der Waals surface area contributed by atoms with Gasteiger partial charge in [0.1, 0.15) is 0 Å². The molecule has 0 aliphatic rings. The van der Waals surface area contributed by atoms with E-state index in [1.807, 2.05) is 34.0 Å². The summed E-state index contributed by atoms with van der Waals surface area (Å²) in [6, 6.07) is 0. The summed E-state index contributed by atoms with van der Waals surface area (Å²) in [7, 11) is 0. The molecule has 4 nitrogen and oxygen atoms in total. The van der Waals surface area contributed by atoms with E-state index in [0.29, 0.717) is 6.42 Å². The molecule has 0 spiro atoms. The third-order valence-electron chi connectivity index (χ3n) is 2.49. The molecule has 0 amide bonds. The lowest BCUT2D eigenvalue weighted by Gasteiger charge is -2.08. The van der Waals surface area contributed by atoms with Gasteiger partial charge in [-0.3, -0.25) is 4.79 Å². The van der Waals surface area contributed by atoms with Crippen LogP contribution in [0.4, 0.5) is 0 Å². The Kier molecular flexibility index (Phi) is 4.52. The average Bonchev–Trinajstić information content (AvgIpc) is 2.48. The molecule has 0 saturated heterocycles. The number of carbonyl (C=O) groups excluding carboxylic acids is 1. The lowest BCUT2D eigenvalue weighted by molar-refractivity contribution is -0.147. The van der Waals surface area contributed by atoms with Crippen molar-refractivity contribution in [2.75, 3.05) is 0 Å². The summed E-state index contributed by atoms with van der Waals surface area (Å²) < 4.78 is 7.13. The topological polar surface area (TPSA) is 44.1 Å². The van der Waals surface area contributed by atoms with Gasteiger partial charge in [0, 0.05) is 18.7 Å². The number of aryl methyl sites for hydroxylation is 2. The number of aromatic nitrogens is 2. The van der Waals surface area contributed by atoms with Crippen molar-refractivity contribution >= 4 is 5.97 Å². The van der Waals surface area contributed by atoms with E-state index in [4.69, 9.17) is 4.74 Å². The first-order chi connectivity index (χ1) is 7.50. The molecule has 4 heteroatoms. The molecule has 0 unspecified atom stereocenters. The van der Waals surface area contributed by atoms with Crippen LogP contribution in [0.25, 0.3) is 0 Å². The molecule has 1 rings (SSSR count). The van der Waals surface area contributed by atoms with Gasteiger partial charge in [-0.05, 0) is 34.1 Å². The maximum absolute atomic E-state index is 11.3. The van der Waals surface area contributed by atoms with Gasteiger partial charge in [-0.1, -0.05) is 0 Å². The van der Waals surface area contributed by atoms with Crippen molar-refractivity contribution in [3.05, 3.63) is 17.7 Å². The second-order valence-corrected chi connectivity index (χ2v) is 4.25. The summed E-state index contributed by atoms with van der Waals surface area (Å²) in [6.45, 7) is 8.57. The van der Waals surface area contributed by atoms with Gasteiger partial charge in [0.15, 0.2) is 0 Å². The molecule has 0 saturated carbocycles. The Morgan fingerprint density at radius 2 is 2.19 bits per heavy atom. The van der Waals surface area contributed by atoms with Crippen LogP contribution in [0.1, 0.15) is 38.1 Å². The largest absolute Gasteiger partial charge is 0.463 e. The number of nitrogens with zero attached hydrogens (tertiary/aromatic N) is 2. The second-order valence-electron chi connectivity index (χ2n) is 4.25. The highest BCUT2D eigenvalue weighted by Crippen LogP contribution is 2.06. The predicted molar refractivity (Wildman–Crippen MR) is 62.2 cm³/mol. The lowest BCUT2D eigenvalue weighted by Crippen LogP contribution is -2.12. The first kappa shape index (κ1) is 12.7. The number of esters is 1. The van der Waals surface area contributed by atoms with Crippen LogP contribution in [0.3, 0.4) is 0 Å². The Balaban J connectivity index is 2.31. The van der Waals surface area contributed by atoms with E-state index in [0.717, 1.165) is 24.4 Å². The van der Waals surface area contributed by atoms with Crippen LogP contribution in [0.15, 0.2) is 6.33 Å². The molecule has 1 aromatic rings. The molecular formula is C12H20N2O2. The molecule has 1 heterocycles. The van der Waals surface area contributed by atoms with Crippen molar-refractivity contribution in [2.45, 2.75) is 53.2 Å². The van der Waals surface area contributed by atoms with Gasteiger partial charge >= 0.3 is 5.97 Å². The van der Waals surface area contributed by atoms with Crippen LogP contribution in [-0.4, -0.2) is 21.6 Å². The fourth-order valence-electron chi connectivity index (χ4n) is 1.49. The molecule has 0 atom stereocenters. The highest BCUT2D eigenvalue weighted by Gasteiger charge is 2.06. The Bertz CT molecular complexity index is 356. The van der Waals surface area contributed by atoms with Crippen LogP contribution < -0.4 is 0 Å². The molecule has 16 heavy (non-hydrogen) atoms. The predicted octanol–water partition coefficient (Wildman–Crippen LogP) is 2.23. The standard InChI is InChI=1S/C12H20N2O2/c1-9(2)16-12(15)6-5-7-14-8-13-10(3)11(14)4/h8-9H,5-7H2,1-4H3. The van der Waals surface area contributed by atoms with Crippen molar-refractivity contribution in [1.29, 1.82) is 0 Å². The minimum absolute atomic E-state index is 0.0234. The SMILES string of the molecule is Cc1ncn(CCCC(=O)OC(C)C)c1C. The van der Waals surface area contributed by atoms with E-state index in [9.17, 15) is 4.79 Å². The van der Waals surface area contributed by atoms with Gasteiger partial charge in [-0.2, -0.15) is 0 Å². The zero-order valence-electron chi connectivity index (χ0n) is 10.5. The molecule has 0 fully saturated rings. The number of hydrogen-bond donors (Lipinski definition) is 0. The van der Waals surface area contributed by atoms with Crippen LogP contribution in [-0.2, 0) is 16.1 Å². The third-order valence-corrected chi connectivity index (χ3v) is 2.49.